The Labute approximate surface area is 185 Å². The number of aryl methyl sites for hydroxylation is 1. The normalized spacial score (nSPS) is 11.4. The molecule has 0 bridgehead atoms. The lowest BCUT2D eigenvalue weighted by molar-refractivity contribution is -0.137. The van der Waals surface area contributed by atoms with E-state index in [0.717, 1.165) is 17.7 Å². The molecule has 0 fully saturated rings. The molecule has 160 valence electrons. The smallest absolute Gasteiger partial charge is 0.266 e. The molecule has 0 atom stereocenters. The van der Waals surface area contributed by atoms with Crippen molar-refractivity contribution in [3.63, 3.8) is 0 Å². The Bertz CT molecular complexity index is 1360. The van der Waals surface area contributed by atoms with Gasteiger partial charge >= 0.3 is 6.18 Å². The van der Waals surface area contributed by atoms with Crippen molar-refractivity contribution < 1.29 is 13.2 Å². The van der Waals surface area contributed by atoms with E-state index in [0.29, 0.717) is 34.1 Å². The quantitative estimate of drug-likeness (QED) is 0.315. The Balaban J connectivity index is 1.64. The molecule has 0 amide bonds. The second-order valence-electron chi connectivity index (χ2n) is 6.86. The van der Waals surface area contributed by atoms with Crippen LogP contribution in [0.2, 0.25) is 0 Å². The summed E-state index contributed by atoms with van der Waals surface area (Å²) < 4.78 is 39.7. The van der Waals surface area contributed by atoms with Gasteiger partial charge in [0.15, 0.2) is 10.7 Å². The van der Waals surface area contributed by atoms with Crippen LogP contribution in [0, 0.1) is 11.3 Å². The number of nitriles is 1. The second kappa shape index (κ2) is 8.85. The number of nitrogens with zero attached hydrogens (tertiary/aromatic N) is 4. The summed E-state index contributed by atoms with van der Waals surface area (Å²) in [6.45, 7) is 0. The monoisotopic (exact) mass is 452 g/mol. The van der Waals surface area contributed by atoms with E-state index in [2.05, 4.69) is 9.97 Å². The van der Waals surface area contributed by atoms with Crippen molar-refractivity contribution in [3.8, 4) is 11.8 Å². The molecule has 32 heavy (non-hydrogen) atoms. The molecule has 4 rings (SSSR count). The van der Waals surface area contributed by atoms with Crippen LogP contribution < -0.4 is 5.56 Å². The fraction of sp³-hybridized carbons (Fsp3) is 0.130. The summed E-state index contributed by atoms with van der Waals surface area (Å²) in [5, 5.41) is 9.47. The summed E-state index contributed by atoms with van der Waals surface area (Å²) in [5.41, 5.74) is 1.42. The summed E-state index contributed by atoms with van der Waals surface area (Å²) in [6, 6.07) is 17.0. The fourth-order valence-electron chi connectivity index (χ4n) is 3.13. The third-order valence-electron chi connectivity index (χ3n) is 4.76. The van der Waals surface area contributed by atoms with E-state index in [1.165, 1.54) is 34.7 Å². The molecule has 2 aromatic carbocycles. The van der Waals surface area contributed by atoms with Gasteiger partial charge in [-0.05, 0) is 60.5 Å². The van der Waals surface area contributed by atoms with Crippen molar-refractivity contribution in [3.05, 3.63) is 93.9 Å². The molecule has 2 heterocycles. The summed E-state index contributed by atoms with van der Waals surface area (Å²) in [6.07, 6.45) is -2.35. The number of alkyl halides is 3. The zero-order chi connectivity index (χ0) is 22.7. The molecule has 0 aliphatic rings. The Hall–Kier alpha value is -3.64. The highest BCUT2D eigenvalue weighted by molar-refractivity contribution is 7.99. The number of benzene rings is 2. The molecule has 9 heteroatoms. The Morgan fingerprint density at radius 2 is 1.75 bits per heavy atom. The number of aromatic nitrogens is 3. The number of hydrogen-bond donors (Lipinski definition) is 0. The van der Waals surface area contributed by atoms with Gasteiger partial charge in [-0.15, -0.1) is 0 Å². The van der Waals surface area contributed by atoms with Crippen LogP contribution >= 0.6 is 11.8 Å². The van der Waals surface area contributed by atoms with Crippen LogP contribution in [-0.2, 0) is 12.6 Å². The number of hydrogen-bond acceptors (Lipinski definition) is 5. The first-order valence-electron chi connectivity index (χ1n) is 9.54. The van der Waals surface area contributed by atoms with Gasteiger partial charge < -0.3 is 0 Å². The van der Waals surface area contributed by atoms with Gasteiger partial charge in [0, 0.05) is 11.9 Å². The van der Waals surface area contributed by atoms with Crippen molar-refractivity contribution in [2.45, 2.75) is 17.8 Å². The minimum atomic E-state index is -4.37. The first-order chi connectivity index (χ1) is 15.4. The average molecular weight is 452 g/mol. The maximum absolute atomic E-state index is 13.1. The first kappa shape index (κ1) is 21.6. The van der Waals surface area contributed by atoms with Crippen molar-refractivity contribution in [1.82, 2.24) is 14.5 Å². The number of pyridine rings is 1. The molecule has 2 aromatic heterocycles. The van der Waals surface area contributed by atoms with Crippen LogP contribution in [0.5, 0.6) is 0 Å². The van der Waals surface area contributed by atoms with Crippen molar-refractivity contribution >= 4 is 22.8 Å². The summed E-state index contributed by atoms with van der Waals surface area (Å²) in [5.74, 6) is 0.500. The van der Waals surface area contributed by atoms with Gasteiger partial charge in [-0.1, -0.05) is 23.9 Å². The predicted molar refractivity (Wildman–Crippen MR) is 116 cm³/mol. The minimum absolute atomic E-state index is 0.226. The lowest BCUT2D eigenvalue weighted by Crippen LogP contribution is -2.22. The van der Waals surface area contributed by atoms with E-state index >= 15 is 0 Å². The fourth-order valence-corrected chi connectivity index (χ4v) is 4.13. The van der Waals surface area contributed by atoms with E-state index in [9.17, 15) is 18.0 Å². The van der Waals surface area contributed by atoms with Gasteiger partial charge in [0.1, 0.15) is 0 Å². The van der Waals surface area contributed by atoms with Crippen LogP contribution in [0.4, 0.5) is 13.2 Å². The summed E-state index contributed by atoms with van der Waals surface area (Å²) >= 11 is 1.32. The van der Waals surface area contributed by atoms with Crippen LogP contribution in [-0.4, -0.2) is 20.3 Å². The molecule has 0 N–H and O–H groups in total. The van der Waals surface area contributed by atoms with Gasteiger partial charge in [0.2, 0.25) is 0 Å². The number of fused-ring (bicyclic) bond motifs is 1. The highest BCUT2D eigenvalue weighted by Crippen LogP contribution is 2.29. The van der Waals surface area contributed by atoms with Crippen LogP contribution in [0.1, 0.15) is 16.7 Å². The Morgan fingerprint density at radius 1 is 1.03 bits per heavy atom. The average Bonchev–Trinajstić information content (AvgIpc) is 2.79. The topological polar surface area (TPSA) is 71.6 Å². The molecule has 0 saturated carbocycles. The van der Waals surface area contributed by atoms with Crippen molar-refractivity contribution in [1.29, 1.82) is 5.26 Å². The SMILES string of the molecule is N#Cc1ccc(-n2c(SCCc3ccc(C(F)(F)F)cc3)nc3cccnc3c2=O)cc1. The zero-order valence-electron chi connectivity index (χ0n) is 16.5. The van der Waals surface area contributed by atoms with Gasteiger partial charge in [-0.2, -0.15) is 18.4 Å². The number of halogens is 3. The van der Waals surface area contributed by atoms with E-state index in [1.54, 1.807) is 36.4 Å². The van der Waals surface area contributed by atoms with Crippen LogP contribution in [0.3, 0.4) is 0 Å². The van der Waals surface area contributed by atoms with E-state index in [1.807, 2.05) is 6.07 Å². The highest BCUT2D eigenvalue weighted by Gasteiger charge is 2.29. The minimum Gasteiger partial charge on any atom is -0.266 e. The molecule has 5 nitrogen and oxygen atoms in total. The van der Waals surface area contributed by atoms with Gasteiger partial charge in [0.05, 0.1) is 28.4 Å². The molecule has 0 spiro atoms. The van der Waals surface area contributed by atoms with E-state index in [4.69, 9.17) is 5.26 Å². The van der Waals surface area contributed by atoms with Crippen LogP contribution in [0.15, 0.2) is 76.8 Å². The number of thioether (sulfide) groups is 1. The second-order valence-corrected chi connectivity index (χ2v) is 7.92. The van der Waals surface area contributed by atoms with Crippen molar-refractivity contribution in [2.75, 3.05) is 5.75 Å². The maximum Gasteiger partial charge on any atom is 0.416 e. The molecule has 0 aliphatic carbocycles. The molecular formula is C23H15F3N4OS. The zero-order valence-corrected chi connectivity index (χ0v) is 17.3. The third kappa shape index (κ3) is 4.50. The molecular weight excluding hydrogens is 437 g/mol. The standard InChI is InChI=1S/C23H15F3N4OS/c24-23(25,26)17-7-3-15(4-8-17)11-13-32-22-29-19-2-1-12-28-20(19)21(31)30(22)18-9-5-16(14-27)6-10-18/h1-10,12H,11,13H2. The Morgan fingerprint density at radius 3 is 2.41 bits per heavy atom. The highest BCUT2D eigenvalue weighted by atomic mass is 32.2. The molecule has 4 aromatic rings. The Kier molecular flexibility index (Phi) is 5.97. The number of rotatable bonds is 5. The molecule has 0 unspecified atom stereocenters. The predicted octanol–water partition coefficient (Wildman–Crippen LogP) is 5.01. The lowest BCUT2D eigenvalue weighted by atomic mass is 10.1. The third-order valence-corrected chi connectivity index (χ3v) is 5.70. The van der Waals surface area contributed by atoms with E-state index < -0.39 is 11.7 Å². The molecule has 0 aliphatic heterocycles. The largest absolute Gasteiger partial charge is 0.416 e. The molecule has 0 saturated heterocycles. The van der Waals surface area contributed by atoms with Crippen LogP contribution in [0.25, 0.3) is 16.7 Å². The first-order valence-corrected chi connectivity index (χ1v) is 10.5. The van der Waals surface area contributed by atoms with Crippen molar-refractivity contribution in [2.24, 2.45) is 0 Å². The van der Waals surface area contributed by atoms with Gasteiger partial charge in [-0.25, -0.2) is 9.97 Å². The van der Waals surface area contributed by atoms with Gasteiger partial charge in [-0.3, -0.25) is 9.36 Å². The van der Waals surface area contributed by atoms with Gasteiger partial charge in [0.25, 0.3) is 5.56 Å². The summed E-state index contributed by atoms with van der Waals surface area (Å²) in [7, 11) is 0. The molecule has 0 radical (unpaired) electrons. The maximum atomic E-state index is 13.1. The summed E-state index contributed by atoms with van der Waals surface area (Å²) in [4.78, 5) is 21.9. The lowest BCUT2D eigenvalue weighted by Gasteiger charge is -2.13. The van der Waals surface area contributed by atoms with E-state index in [-0.39, 0.29) is 11.1 Å².